The van der Waals surface area contributed by atoms with Crippen molar-refractivity contribution in [3.63, 3.8) is 0 Å². The molecule has 2 aliphatic heterocycles. The molecule has 3 aromatic heterocycles. The molecule has 5 aromatic rings. The van der Waals surface area contributed by atoms with Gasteiger partial charge in [0.2, 0.25) is 17.7 Å². The number of carbonyl (C=O) groups is 4. The van der Waals surface area contributed by atoms with Gasteiger partial charge in [0.1, 0.15) is 11.9 Å². The molecule has 0 spiro atoms. The molecule has 5 heterocycles. The van der Waals surface area contributed by atoms with Crippen LogP contribution in [0.4, 0.5) is 21.0 Å². The van der Waals surface area contributed by atoms with Crippen LogP contribution in [0.25, 0.3) is 0 Å². The van der Waals surface area contributed by atoms with Crippen LogP contribution in [0.5, 0.6) is 5.75 Å². The fourth-order valence-electron chi connectivity index (χ4n) is 8.56. The molecule has 3 aliphatic rings. The summed E-state index contributed by atoms with van der Waals surface area (Å²) in [4.78, 5) is 65.5. The van der Waals surface area contributed by atoms with Gasteiger partial charge < -0.3 is 39.6 Å². The highest BCUT2D eigenvalue weighted by Crippen LogP contribution is 2.43. The van der Waals surface area contributed by atoms with E-state index in [4.69, 9.17) is 35.8 Å². The zero-order valence-corrected chi connectivity index (χ0v) is 37.3. The number of piperidine rings is 1. The topological polar surface area (TPSA) is 191 Å². The number of carbonyl (C=O) groups excluding carboxylic acids is 4. The number of pyridine rings is 1. The zero-order chi connectivity index (χ0) is 45.2. The summed E-state index contributed by atoms with van der Waals surface area (Å²) in [6, 6.07) is 15.2. The van der Waals surface area contributed by atoms with E-state index in [1.165, 1.54) is 22.3 Å². The molecule has 1 saturated heterocycles. The van der Waals surface area contributed by atoms with Crippen LogP contribution in [0.1, 0.15) is 72.3 Å². The fourth-order valence-corrected chi connectivity index (χ4v) is 9.27. The van der Waals surface area contributed by atoms with Crippen molar-refractivity contribution in [2.24, 2.45) is 0 Å². The number of hydrogen-bond donors (Lipinski definition) is 4. The fraction of sp³-hybridized carbons (Fsp3) is 0.413. The third kappa shape index (κ3) is 11.5. The van der Waals surface area contributed by atoms with E-state index in [0.29, 0.717) is 82.1 Å². The van der Waals surface area contributed by atoms with Crippen LogP contribution in [-0.4, -0.2) is 99.7 Å². The number of aromatic nitrogens is 4. The van der Waals surface area contributed by atoms with Crippen LogP contribution in [0.2, 0.25) is 5.02 Å². The summed E-state index contributed by atoms with van der Waals surface area (Å²) in [7, 11) is 0. The number of nitrogens with zero attached hydrogens (tertiary/aromatic N) is 5. The second-order valence-corrected chi connectivity index (χ2v) is 17.6. The Morgan fingerprint density at radius 3 is 2.60 bits per heavy atom. The average molecular weight is 928 g/mol. The molecule has 16 nitrogen and oxygen atoms in total. The van der Waals surface area contributed by atoms with E-state index >= 15 is 0 Å². The van der Waals surface area contributed by atoms with Crippen LogP contribution in [-0.2, 0) is 48.8 Å². The molecule has 19 heteroatoms. The number of benzene rings is 2. The number of fused-ring (bicyclic) bond motifs is 1. The summed E-state index contributed by atoms with van der Waals surface area (Å²) >= 11 is 7.54. The zero-order valence-electron chi connectivity index (χ0n) is 35.7. The van der Waals surface area contributed by atoms with Crippen LogP contribution < -0.4 is 26.0 Å². The first-order valence-corrected chi connectivity index (χ1v) is 23.1. The Morgan fingerprint density at radius 2 is 1.78 bits per heavy atom. The molecule has 65 heavy (non-hydrogen) atoms. The number of thiazole rings is 1. The lowest BCUT2D eigenvalue weighted by Crippen LogP contribution is -2.52. The maximum Gasteiger partial charge on any atom is 0.255 e. The smallest absolute Gasteiger partial charge is 0.255 e. The van der Waals surface area contributed by atoms with E-state index in [0.717, 1.165) is 35.2 Å². The standard InChI is InChI=1S/C46H51ClFN9O7S/c47-34-6-3-8-37(42(34)48)64-31-12-15-46(16-13-31,26-30-4-1-9-39(52-30)54-45-50-19-25-65-45)38-28-56(29-51-38)20-22-63-24-23-62-21-18-49-17-14-41(59)53-35-7-2-5-32-33(35)27-57(44(32)61)36-10-11-40(58)55-43(36)60/h1-9,19,25,28-29,31,36,49H,10-18,20-24,26-27H2,(H,53,59)(H,50,52,54)(H,55,58,60). The largest absolute Gasteiger partial charge is 0.487 e. The molecule has 1 unspecified atom stereocenters. The van der Waals surface area contributed by atoms with Crippen molar-refractivity contribution in [2.45, 2.75) is 82.0 Å². The van der Waals surface area contributed by atoms with Crippen LogP contribution >= 0.6 is 22.9 Å². The van der Waals surface area contributed by atoms with E-state index in [2.05, 4.69) is 32.4 Å². The van der Waals surface area contributed by atoms with Crippen molar-refractivity contribution >= 4 is 63.2 Å². The van der Waals surface area contributed by atoms with Crippen molar-refractivity contribution in [1.82, 2.24) is 35.1 Å². The van der Waals surface area contributed by atoms with Gasteiger partial charge in [-0.15, -0.1) is 11.3 Å². The highest BCUT2D eigenvalue weighted by Gasteiger charge is 2.41. The molecule has 8 rings (SSSR count). The second kappa shape index (κ2) is 21.5. The molecule has 2 aromatic carbocycles. The van der Waals surface area contributed by atoms with Crippen LogP contribution in [0.15, 0.2) is 78.7 Å². The molecule has 1 aliphatic carbocycles. The molecular formula is C46H51ClFN9O7S. The number of imidazole rings is 1. The van der Waals surface area contributed by atoms with E-state index in [1.807, 2.05) is 34.5 Å². The lowest BCUT2D eigenvalue weighted by atomic mass is 9.68. The molecule has 2 fully saturated rings. The third-order valence-corrected chi connectivity index (χ3v) is 12.9. The van der Waals surface area contributed by atoms with E-state index in [-0.39, 0.29) is 65.8 Å². The Kier molecular flexibility index (Phi) is 15.1. The Hall–Kier alpha value is -5.79. The second-order valence-electron chi connectivity index (χ2n) is 16.3. The van der Waals surface area contributed by atoms with Gasteiger partial charge in [-0.1, -0.05) is 29.8 Å². The molecule has 1 saturated carbocycles. The molecule has 4 amide bonds. The molecule has 1 atom stereocenters. The summed E-state index contributed by atoms with van der Waals surface area (Å²) in [5, 5.41) is 14.4. The van der Waals surface area contributed by atoms with Gasteiger partial charge in [-0.3, -0.25) is 24.5 Å². The number of amides is 4. The van der Waals surface area contributed by atoms with Gasteiger partial charge in [0.25, 0.3) is 5.91 Å². The molecule has 0 bridgehead atoms. The summed E-state index contributed by atoms with van der Waals surface area (Å²) in [5.74, 6) is -0.975. The molecular weight excluding hydrogens is 877 g/mol. The van der Waals surface area contributed by atoms with Crippen molar-refractivity contribution in [2.75, 3.05) is 50.2 Å². The van der Waals surface area contributed by atoms with Gasteiger partial charge in [-0.2, -0.15) is 0 Å². The quantitative estimate of drug-likeness (QED) is 0.0484. The molecule has 4 N–H and O–H groups in total. The first kappa shape index (κ1) is 45.8. The van der Waals surface area contributed by atoms with Gasteiger partial charge in [0.15, 0.2) is 16.7 Å². The summed E-state index contributed by atoms with van der Waals surface area (Å²) < 4.78 is 34.5. The first-order chi connectivity index (χ1) is 31.6. The van der Waals surface area contributed by atoms with Crippen molar-refractivity contribution in [1.29, 1.82) is 0 Å². The minimum atomic E-state index is -0.724. The Balaban J connectivity index is 0.745. The lowest BCUT2D eigenvalue weighted by molar-refractivity contribution is -0.137. The van der Waals surface area contributed by atoms with Gasteiger partial charge in [0, 0.05) is 91.1 Å². The normalized spacial score (nSPS) is 19.5. The summed E-state index contributed by atoms with van der Waals surface area (Å²) in [6.07, 6.45) is 9.79. The van der Waals surface area contributed by atoms with Crippen molar-refractivity contribution in [3.8, 4) is 5.75 Å². The number of halogens is 2. The van der Waals surface area contributed by atoms with Crippen LogP contribution in [0.3, 0.4) is 0 Å². The number of hydrogen-bond acceptors (Lipinski definition) is 13. The predicted molar refractivity (Wildman–Crippen MR) is 242 cm³/mol. The minimum absolute atomic E-state index is 0.0379. The molecule has 0 radical (unpaired) electrons. The number of rotatable bonds is 21. The summed E-state index contributed by atoms with van der Waals surface area (Å²) in [6.45, 7) is 3.53. The van der Waals surface area contributed by atoms with Crippen LogP contribution in [0, 0.1) is 5.82 Å². The Bertz CT molecular complexity index is 2460. The van der Waals surface area contributed by atoms with Gasteiger partial charge in [0.05, 0.1) is 49.6 Å². The SMILES string of the molecule is O=C1CCC(N2Cc3c(NC(=O)CCNCCOCCOCCn4cnc(C5(Cc6cccc(Nc7nccs7)n6)CCC(Oc6cccc(Cl)c6F)CC5)c4)cccc3C2=O)C(=O)N1. The Morgan fingerprint density at radius 1 is 0.969 bits per heavy atom. The maximum atomic E-state index is 14.7. The van der Waals surface area contributed by atoms with Crippen molar-refractivity contribution < 1.29 is 37.8 Å². The minimum Gasteiger partial charge on any atom is -0.487 e. The summed E-state index contributed by atoms with van der Waals surface area (Å²) in [5.41, 5.74) is 3.22. The van der Waals surface area contributed by atoms with E-state index < -0.39 is 17.8 Å². The lowest BCUT2D eigenvalue weighted by Gasteiger charge is -2.39. The Labute approximate surface area is 384 Å². The number of imide groups is 1. The van der Waals surface area contributed by atoms with Gasteiger partial charge >= 0.3 is 0 Å². The average Bonchev–Trinajstić information content (AvgIpc) is 4.07. The van der Waals surface area contributed by atoms with Crippen molar-refractivity contribution in [3.05, 3.63) is 112 Å². The van der Waals surface area contributed by atoms with E-state index in [1.54, 1.807) is 36.5 Å². The number of anilines is 3. The van der Waals surface area contributed by atoms with E-state index in [9.17, 15) is 23.6 Å². The third-order valence-electron chi connectivity index (χ3n) is 11.9. The molecule has 342 valence electrons. The number of nitrogens with one attached hydrogen (secondary N) is 4. The van der Waals surface area contributed by atoms with Gasteiger partial charge in [-0.25, -0.2) is 19.3 Å². The first-order valence-electron chi connectivity index (χ1n) is 21.8. The number of ether oxygens (including phenoxy) is 3. The van der Waals surface area contributed by atoms with Gasteiger partial charge in [-0.05, 0) is 68.5 Å². The highest BCUT2D eigenvalue weighted by molar-refractivity contribution is 7.13. The monoisotopic (exact) mass is 927 g/mol. The maximum absolute atomic E-state index is 14.7. The predicted octanol–water partition coefficient (Wildman–Crippen LogP) is 6.19. The highest BCUT2D eigenvalue weighted by atomic mass is 35.5.